The van der Waals surface area contributed by atoms with Gasteiger partial charge in [-0.3, -0.25) is 0 Å². The highest BCUT2D eigenvalue weighted by molar-refractivity contribution is 9.10. The Morgan fingerprint density at radius 1 is 0.182 bits per heavy atom. The van der Waals surface area contributed by atoms with Crippen LogP contribution in [0.3, 0.4) is 0 Å². The van der Waals surface area contributed by atoms with Gasteiger partial charge in [0.05, 0.1) is 0 Å². The van der Waals surface area contributed by atoms with Crippen molar-refractivity contribution in [3.8, 4) is 77.9 Å². The van der Waals surface area contributed by atoms with Gasteiger partial charge in [-0.1, -0.05) is 325 Å². The first-order valence-corrected chi connectivity index (χ1v) is 38.0. The zero-order valence-corrected chi connectivity index (χ0v) is 61.2. The summed E-state index contributed by atoms with van der Waals surface area (Å²) < 4.78 is 13.5. The first-order valence-electron chi connectivity index (χ1n) is 37.2. The van der Waals surface area contributed by atoms with Crippen LogP contribution < -0.4 is 5.46 Å². The third kappa shape index (κ3) is 12.0. The highest BCUT2D eigenvalue weighted by Gasteiger charge is 2.24. The summed E-state index contributed by atoms with van der Waals surface area (Å²) in [4.78, 5) is 0. The standard InChI is InChI=1S/C52H32O.C30H21BO2.C22H13BrO/c1-2-11-36-28-40(25-22-33(36)10-1)34-20-23-35(24-21-34)51-43-16-5-7-18-45(43)52(46-19-8-6-17-44(46)51)42-15-9-14-37(29-42)41-26-27-49-47(31-41)48-30-38-12-3-4-13-39(38)32-50(48)53-49;32-31(33)30-27-11-5-3-9-25(27)29(26-10-4-6-12-28(26)30)22-16-13-21(14-17-22)24-18-15-20-7-1-2-8-23(20)19-24;23-18-7-3-6-14(10-18)17-8-9-21-19(12-17)20-11-15-4-1-2-5-16(15)13-22(20)24-21/h1-32H;1-19,32-33H;1-13H. The number of benzene rings is 20. The van der Waals surface area contributed by atoms with Crippen LogP contribution in [0.4, 0.5) is 0 Å². The van der Waals surface area contributed by atoms with Crippen LogP contribution in [0, 0.1) is 0 Å². The molecule has 20 aromatic carbocycles. The summed E-state index contributed by atoms with van der Waals surface area (Å²) >= 11 is 3.55. The van der Waals surface area contributed by atoms with Crippen molar-refractivity contribution in [3.63, 3.8) is 0 Å². The summed E-state index contributed by atoms with van der Waals surface area (Å²) in [6.07, 6.45) is 0. The maximum Gasteiger partial charge on any atom is 0.489 e. The highest BCUT2D eigenvalue weighted by Crippen LogP contribution is 2.46. The lowest BCUT2D eigenvalue weighted by atomic mass is 9.72. The van der Waals surface area contributed by atoms with E-state index in [4.69, 9.17) is 8.83 Å². The monoisotopic (exact) mass is 1470 g/mol. The molecule has 2 heterocycles. The molecule has 0 radical (unpaired) electrons. The van der Waals surface area contributed by atoms with Crippen LogP contribution in [-0.2, 0) is 0 Å². The molecular weight excluding hydrogens is 1400 g/mol. The van der Waals surface area contributed by atoms with Crippen molar-refractivity contribution in [2.75, 3.05) is 0 Å². The lowest BCUT2D eigenvalue weighted by Gasteiger charge is -2.18. The summed E-state index contributed by atoms with van der Waals surface area (Å²) in [5.41, 5.74) is 21.0. The van der Waals surface area contributed by atoms with Gasteiger partial charge in [0.2, 0.25) is 0 Å². The average molecular weight is 1470 g/mol. The Bertz CT molecular complexity index is 7280. The van der Waals surface area contributed by atoms with Crippen LogP contribution in [0.25, 0.3) is 208 Å². The Hall–Kier alpha value is -13.5. The molecule has 110 heavy (non-hydrogen) atoms. The van der Waals surface area contributed by atoms with E-state index in [1.54, 1.807) is 0 Å². The van der Waals surface area contributed by atoms with Gasteiger partial charge >= 0.3 is 7.12 Å². The minimum absolute atomic E-state index is 0.553. The van der Waals surface area contributed by atoms with Crippen molar-refractivity contribution in [2.24, 2.45) is 0 Å². The van der Waals surface area contributed by atoms with E-state index in [0.29, 0.717) is 5.46 Å². The summed E-state index contributed by atoms with van der Waals surface area (Å²) in [5, 5.41) is 43.6. The number of halogens is 1. The molecule has 6 heteroatoms. The normalized spacial score (nSPS) is 11.6. The van der Waals surface area contributed by atoms with Crippen molar-refractivity contribution >= 4 is 159 Å². The molecule has 2 aromatic heterocycles. The fourth-order valence-electron chi connectivity index (χ4n) is 16.7. The van der Waals surface area contributed by atoms with Crippen LogP contribution in [0.2, 0.25) is 0 Å². The topological polar surface area (TPSA) is 66.7 Å². The predicted octanol–water partition coefficient (Wildman–Crippen LogP) is 28.2. The molecule has 0 fully saturated rings. The van der Waals surface area contributed by atoms with Crippen molar-refractivity contribution in [3.05, 3.63) is 393 Å². The van der Waals surface area contributed by atoms with Gasteiger partial charge in [0.25, 0.3) is 0 Å². The fourth-order valence-corrected chi connectivity index (χ4v) is 17.1. The van der Waals surface area contributed by atoms with Crippen molar-refractivity contribution < 1.29 is 18.9 Å². The second-order valence-electron chi connectivity index (χ2n) is 28.5. The molecule has 516 valence electrons. The van der Waals surface area contributed by atoms with E-state index in [1.165, 1.54) is 137 Å². The van der Waals surface area contributed by atoms with Crippen LogP contribution in [0.15, 0.2) is 402 Å². The minimum atomic E-state index is -1.54. The summed E-state index contributed by atoms with van der Waals surface area (Å²) in [5.74, 6) is 0. The van der Waals surface area contributed by atoms with E-state index < -0.39 is 7.12 Å². The summed E-state index contributed by atoms with van der Waals surface area (Å²) in [6.45, 7) is 0. The molecule has 22 rings (SSSR count). The zero-order chi connectivity index (χ0) is 73.3. The second-order valence-corrected chi connectivity index (χ2v) is 29.4. The van der Waals surface area contributed by atoms with Crippen molar-refractivity contribution in [2.45, 2.75) is 0 Å². The molecule has 0 amide bonds. The Morgan fingerprint density at radius 3 is 0.873 bits per heavy atom. The number of hydrogen-bond donors (Lipinski definition) is 2. The van der Waals surface area contributed by atoms with Crippen molar-refractivity contribution in [1.29, 1.82) is 0 Å². The smallest absolute Gasteiger partial charge is 0.456 e. The second kappa shape index (κ2) is 27.7. The van der Waals surface area contributed by atoms with E-state index in [2.05, 4.69) is 362 Å². The van der Waals surface area contributed by atoms with Crippen molar-refractivity contribution in [1.82, 2.24) is 0 Å². The number of furan rings is 2. The fraction of sp³-hybridized carbons (Fsp3) is 0. The van der Waals surface area contributed by atoms with Gasteiger partial charge in [-0.15, -0.1) is 0 Å². The number of hydrogen-bond acceptors (Lipinski definition) is 4. The van der Waals surface area contributed by atoms with Gasteiger partial charge < -0.3 is 18.9 Å². The summed E-state index contributed by atoms with van der Waals surface area (Å²) in [6, 6.07) is 138. The number of fused-ring (bicyclic) bond motifs is 14. The molecule has 0 aliphatic carbocycles. The predicted molar refractivity (Wildman–Crippen MR) is 470 cm³/mol. The van der Waals surface area contributed by atoms with Gasteiger partial charge in [-0.05, 0) is 248 Å². The van der Waals surface area contributed by atoms with E-state index in [0.717, 1.165) is 75.6 Å². The maximum absolute atomic E-state index is 10.2. The van der Waals surface area contributed by atoms with Crippen LogP contribution in [0.1, 0.15) is 0 Å². The first kappa shape index (κ1) is 66.0. The van der Waals surface area contributed by atoms with Gasteiger partial charge in [0.15, 0.2) is 0 Å². The molecule has 4 nitrogen and oxygen atoms in total. The van der Waals surface area contributed by atoms with E-state index >= 15 is 0 Å². The van der Waals surface area contributed by atoms with Gasteiger partial charge in [0, 0.05) is 26.0 Å². The quantitative estimate of drug-likeness (QED) is 0.118. The molecule has 0 atom stereocenters. The summed E-state index contributed by atoms with van der Waals surface area (Å²) in [7, 11) is -1.54. The van der Waals surface area contributed by atoms with Gasteiger partial charge in [-0.2, -0.15) is 0 Å². The Balaban J connectivity index is 0.000000118. The molecule has 0 unspecified atom stereocenters. The van der Waals surface area contributed by atoms with Gasteiger partial charge in [-0.25, -0.2) is 0 Å². The Labute approximate surface area is 643 Å². The van der Waals surface area contributed by atoms with E-state index in [1.807, 2.05) is 42.5 Å². The number of rotatable bonds is 8. The lowest BCUT2D eigenvalue weighted by molar-refractivity contribution is 0.426. The third-order valence-corrected chi connectivity index (χ3v) is 22.5. The van der Waals surface area contributed by atoms with Gasteiger partial charge in [0.1, 0.15) is 22.3 Å². The molecule has 0 bridgehead atoms. The van der Waals surface area contributed by atoms with E-state index in [9.17, 15) is 10.0 Å². The third-order valence-electron chi connectivity index (χ3n) is 22.0. The maximum atomic E-state index is 10.2. The average Bonchev–Trinajstić information content (AvgIpc) is 1.13. The highest BCUT2D eigenvalue weighted by atomic mass is 79.9. The van der Waals surface area contributed by atoms with Crippen LogP contribution in [0.5, 0.6) is 0 Å². The SMILES string of the molecule is Brc1cccc(-c2ccc3oc4cc5ccccc5cc4c3c2)c1.OB(O)c1c2ccccc2c(-c2ccc(-c3ccc4ccccc4c3)cc2)c2ccccc12.c1cc(-c2ccc3oc4cc5ccccc5cc4c3c2)cc(-c2c3ccccc3c(-c3ccc(-c4ccc5ccccc5c4)cc3)c3ccccc23)c1. The first-order chi connectivity index (χ1) is 54.2. The Morgan fingerprint density at radius 2 is 0.464 bits per heavy atom. The lowest BCUT2D eigenvalue weighted by Crippen LogP contribution is -2.31. The molecule has 0 aliphatic heterocycles. The Kier molecular flexibility index (Phi) is 16.6. The molecule has 2 N–H and O–H groups in total. The largest absolute Gasteiger partial charge is 0.489 e. The molecule has 0 spiro atoms. The molecule has 0 saturated carbocycles. The zero-order valence-electron chi connectivity index (χ0n) is 59.6. The minimum Gasteiger partial charge on any atom is -0.456 e. The molecular formula is C104H66BBrO4. The van der Waals surface area contributed by atoms with E-state index in [-0.39, 0.29) is 0 Å². The molecule has 22 aromatic rings. The van der Waals surface area contributed by atoms with Crippen LogP contribution in [-0.4, -0.2) is 17.2 Å². The van der Waals surface area contributed by atoms with Crippen LogP contribution >= 0.6 is 15.9 Å². The molecule has 0 aliphatic rings. The molecule has 0 saturated heterocycles.